The minimum atomic E-state index is -3.47. The second-order valence-corrected chi connectivity index (χ2v) is 9.26. The van der Waals surface area contributed by atoms with Crippen molar-refractivity contribution in [2.45, 2.75) is 33.6 Å². The van der Waals surface area contributed by atoms with E-state index >= 15 is 0 Å². The highest BCUT2D eigenvalue weighted by Crippen LogP contribution is 2.21. The molecule has 0 radical (unpaired) electrons. The fourth-order valence-corrected chi connectivity index (χ4v) is 4.28. The van der Waals surface area contributed by atoms with Gasteiger partial charge in [-0.1, -0.05) is 24.3 Å². The largest absolute Gasteiger partial charge is 0.339 e. The molecule has 0 unspecified atom stereocenters. The van der Waals surface area contributed by atoms with Crippen molar-refractivity contribution in [3.05, 3.63) is 59.7 Å². The number of amides is 2. The minimum Gasteiger partial charge on any atom is -0.339 e. The van der Waals surface area contributed by atoms with E-state index in [1.165, 1.54) is 4.31 Å². The number of anilines is 2. The van der Waals surface area contributed by atoms with Crippen molar-refractivity contribution >= 4 is 33.2 Å². The Morgan fingerprint density at radius 1 is 1.00 bits per heavy atom. The fourth-order valence-electron chi connectivity index (χ4n) is 3.33. The van der Waals surface area contributed by atoms with E-state index in [4.69, 9.17) is 0 Å². The number of carbonyl (C=O) groups excluding carboxylic acids is 2. The molecule has 0 bridgehead atoms. The third-order valence-electron chi connectivity index (χ3n) is 4.94. The van der Waals surface area contributed by atoms with Crippen LogP contribution in [0, 0.1) is 6.92 Å². The topological polar surface area (TPSA) is 86.8 Å². The third-order valence-corrected chi connectivity index (χ3v) is 6.13. The number of rotatable bonds is 10. The van der Waals surface area contributed by atoms with Gasteiger partial charge in [0, 0.05) is 26.1 Å². The van der Waals surface area contributed by atoms with Crippen LogP contribution in [0.4, 0.5) is 11.4 Å². The molecule has 0 atom stereocenters. The number of hydrogen-bond acceptors (Lipinski definition) is 4. The molecule has 168 valence electrons. The molecule has 8 heteroatoms. The third kappa shape index (κ3) is 6.82. The van der Waals surface area contributed by atoms with E-state index in [0.29, 0.717) is 36.4 Å². The lowest BCUT2D eigenvalue weighted by Crippen LogP contribution is -2.32. The molecule has 0 saturated heterocycles. The van der Waals surface area contributed by atoms with Gasteiger partial charge in [-0.05, 0) is 57.0 Å². The molecule has 2 rings (SSSR count). The molecular formula is C23H31N3O4S. The SMILES string of the molecule is CCN(CC)C(=O)c1ccccc1NC(=O)CCCN(c1cccc(C)c1)S(C)(=O)=O. The highest BCUT2D eigenvalue weighted by molar-refractivity contribution is 7.92. The molecule has 0 aliphatic rings. The van der Waals surface area contributed by atoms with Crippen molar-refractivity contribution in [3.8, 4) is 0 Å². The van der Waals surface area contributed by atoms with Gasteiger partial charge in [0.2, 0.25) is 15.9 Å². The Balaban J connectivity index is 2.05. The van der Waals surface area contributed by atoms with Crippen LogP contribution in [0.1, 0.15) is 42.6 Å². The average molecular weight is 446 g/mol. The molecule has 0 saturated carbocycles. The van der Waals surface area contributed by atoms with Gasteiger partial charge in [-0.2, -0.15) is 0 Å². The van der Waals surface area contributed by atoms with Crippen molar-refractivity contribution in [3.63, 3.8) is 0 Å². The van der Waals surface area contributed by atoms with Gasteiger partial charge in [0.15, 0.2) is 0 Å². The van der Waals surface area contributed by atoms with Gasteiger partial charge < -0.3 is 10.2 Å². The first-order valence-electron chi connectivity index (χ1n) is 10.4. The van der Waals surface area contributed by atoms with Gasteiger partial charge in [0.1, 0.15) is 0 Å². The van der Waals surface area contributed by atoms with Crippen molar-refractivity contribution in [1.29, 1.82) is 0 Å². The lowest BCUT2D eigenvalue weighted by molar-refractivity contribution is -0.116. The quantitative estimate of drug-likeness (QED) is 0.605. The molecule has 2 amide bonds. The molecule has 2 aromatic carbocycles. The molecule has 0 spiro atoms. The molecule has 0 fully saturated rings. The first-order chi connectivity index (χ1) is 14.7. The van der Waals surface area contributed by atoms with E-state index in [1.54, 1.807) is 47.4 Å². The van der Waals surface area contributed by atoms with Crippen LogP contribution in [0.25, 0.3) is 0 Å². The number of hydrogen-bond donors (Lipinski definition) is 1. The van der Waals surface area contributed by atoms with Crippen LogP contribution in [0.15, 0.2) is 48.5 Å². The average Bonchev–Trinajstić information content (AvgIpc) is 2.71. The fraction of sp³-hybridized carbons (Fsp3) is 0.391. The maximum atomic E-state index is 12.7. The maximum absolute atomic E-state index is 12.7. The van der Waals surface area contributed by atoms with Gasteiger partial charge in [-0.15, -0.1) is 0 Å². The van der Waals surface area contributed by atoms with Crippen molar-refractivity contribution in [2.75, 3.05) is 35.5 Å². The Morgan fingerprint density at radius 2 is 1.68 bits per heavy atom. The van der Waals surface area contributed by atoms with Crippen LogP contribution < -0.4 is 9.62 Å². The molecule has 0 aliphatic carbocycles. The predicted octanol–water partition coefficient (Wildman–Crippen LogP) is 3.66. The zero-order chi connectivity index (χ0) is 23.0. The van der Waals surface area contributed by atoms with E-state index in [-0.39, 0.29) is 24.8 Å². The summed E-state index contributed by atoms with van der Waals surface area (Å²) in [6, 6.07) is 14.2. The second kappa shape index (κ2) is 10.9. The standard InChI is InChI=1S/C23H31N3O4S/c1-5-25(6-2)23(28)20-13-7-8-14-21(20)24-22(27)15-10-16-26(31(4,29)30)19-12-9-11-18(3)17-19/h7-9,11-14,17H,5-6,10,15-16H2,1-4H3,(H,24,27). The molecule has 2 aromatic rings. The number of aryl methyl sites for hydroxylation is 1. The number of benzene rings is 2. The summed E-state index contributed by atoms with van der Waals surface area (Å²) in [7, 11) is -3.47. The highest BCUT2D eigenvalue weighted by atomic mass is 32.2. The van der Waals surface area contributed by atoms with Crippen LogP contribution in [0.3, 0.4) is 0 Å². The first-order valence-corrected chi connectivity index (χ1v) is 12.2. The normalized spacial score (nSPS) is 11.1. The van der Waals surface area contributed by atoms with E-state index in [2.05, 4.69) is 5.32 Å². The number of sulfonamides is 1. The lowest BCUT2D eigenvalue weighted by Gasteiger charge is -2.23. The summed E-state index contributed by atoms with van der Waals surface area (Å²) in [5.41, 5.74) is 2.44. The Labute approximate surface area is 185 Å². The number of para-hydroxylation sites is 1. The smallest absolute Gasteiger partial charge is 0.255 e. The van der Waals surface area contributed by atoms with Crippen LogP contribution in [0.2, 0.25) is 0 Å². The summed E-state index contributed by atoms with van der Waals surface area (Å²) >= 11 is 0. The molecule has 1 N–H and O–H groups in total. The monoisotopic (exact) mass is 445 g/mol. The number of nitrogens with zero attached hydrogens (tertiary/aromatic N) is 2. The van der Waals surface area contributed by atoms with E-state index in [1.807, 2.05) is 26.8 Å². The molecular weight excluding hydrogens is 414 g/mol. The van der Waals surface area contributed by atoms with Crippen LogP contribution in [0.5, 0.6) is 0 Å². The van der Waals surface area contributed by atoms with E-state index in [9.17, 15) is 18.0 Å². The van der Waals surface area contributed by atoms with E-state index in [0.717, 1.165) is 11.8 Å². The summed E-state index contributed by atoms with van der Waals surface area (Å²) in [4.78, 5) is 26.9. The van der Waals surface area contributed by atoms with E-state index < -0.39 is 10.0 Å². The Kier molecular flexibility index (Phi) is 8.62. The number of carbonyl (C=O) groups is 2. The molecule has 7 nitrogen and oxygen atoms in total. The zero-order valence-corrected chi connectivity index (χ0v) is 19.4. The van der Waals surface area contributed by atoms with Crippen LogP contribution in [-0.2, 0) is 14.8 Å². The van der Waals surface area contributed by atoms with Crippen molar-refractivity contribution in [1.82, 2.24) is 4.90 Å². The lowest BCUT2D eigenvalue weighted by atomic mass is 10.1. The first kappa shape index (κ1) is 24.4. The van der Waals surface area contributed by atoms with Crippen molar-refractivity contribution in [2.24, 2.45) is 0 Å². The van der Waals surface area contributed by atoms with Crippen LogP contribution in [-0.4, -0.2) is 51.0 Å². The molecule has 0 heterocycles. The number of nitrogens with one attached hydrogen (secondary N) is 1. The van der Waals surface area contributed by atoms with Crippen LogP contribution >= 0.6 is 0 Å². The Hall–Kier alpha value is -2.87. The Bertz CT molecular complexity index is 1020. The molecule has 31 heavy (non-hydrogen) atoms. The summed E-state index contributed by atoms with van der Waals surface area (Å²) in [5, 5.41) is 2.80. The summed E-state index contributed by atoms with van der Waals surface area (Å²) in [6.45, 7) is 7.06. The maximum Gasteiger partial charge on any atom is 0.255 e. The minimum absolute atomic E-state index is 0.131. The summed E-state index contributed by atoms with van der Waals surface area (Å²) in [5.74, 6) is -0.402. The summed E-state index contributed by atoms with van der Waals surface area (Å²) in [6.07, 6.45) is 1.63. The second-order valence-electron chi connectivity index (χ2n) is 7.35. The highest BCUT2D eigenvalue weighted by Gasteiger charge is 2.19. The summed E-state index contributed by atoms with van der Waals surface area (Å²) < 4.78 is 25.8. The van der Waals surface area contributed by atoms with Gasteiger partial charge in [-0.3, -0.25) is 13.9 Å². The van der Waals surface area contributed by atoms with Gasteiger partial charge in [0.05, 0.1) is 23.2 Å². The molecule has 0 aliphatic heterocycles. The Morgan fingerprint density at radius 3 is 2.29 bits per heavy atom. The van der Waals surface area contributed by atoms with Gasteiger partial charge in [-0.25, -0.2) is 8.42 Å². The van der Waals surface area contributed by atoms with Gasteiger partial charge in [0.25, 0.3) is 5.91 Å². The predicted molar refractivity (Wildman–Crippen MR) is 125 cm³/mol. The molecule has 0 aromatic heterocycles. The van der Waals surface area contributed by atoms with Gasteiger partial charge >= 0.3 is 0 Å². The van der Waals surface area contributed by atoms with Crippen molar-refractivity contribution < 1.29 is 18.0 Å². The zero-order valence-electron chi connectivity index (χ0n) is 18.6.